The Bertz CT molecular complexity index is 991. The summed E-state index contributed by atoms with van der Waals surface area (Å²) in [5.74, 6) is 0. The highest BCUT2D eigenvalue weighted by Gasteiger charge is 2.08. The van der Waals surface area contributed by atoms with Crippen LogP contribution in [0.25, 0.3) is 21.0 Å². The van der Waals surface area contributed by atoms with Crippen LogP contribution < -0.4 is 4.87 Å². The van der Waals surface area contributed by atoms with E-state index in [1.54, 1.807) is 0 Å². The third-order valence-corrected chi connectivity index (χ3v) is 4.74. The molecule has 3 heteroatoms. The highest BCUT2D eigenvalue weighted by molar-refractivity contribution is 7.16. The van der Waals surface area contributed by atoms with E-state index in [1.807, 2.05) is 41.0 Å². The topological polar surface area (TPSA) is 22.0 Å². The monoisotopic (exact) mass is 291 g/mol. The van der Waals surface area contributed by atoms with E-state index in [-0.39, 0.29) is 4.87 Å². The normalized spacial score (nSPS) is 11.2. The van der Waals surface area contributed by atoms with Gasteiger partial charge in [-0.2, -0.15) is 0 Å². The fourth-order valence-electron chi connectivity index (χ4n) is 2.76. The van der Waals surface area contributed by atoms with E-state index < -0.39 is 0 Å². The average molecular weight is 291 g/mol. The van der Waals surface area contributed by atoms with Crippen LogP contribution in [0.15, 0.2) is 71.5 Å². The molecule has 0 amide bonds. The minimum Gasteiger partial charge on any atom is -0.294 e. The molecule has 0 saturated heterocycles. The third-order valence-electron chi connectivity index (χ3n) is 3.78. The van der Waals surface area contributed by atoms with Gasteiger partial charge >= 0.3 is 4.87 Å². The number of benzene rings is 3. The van der Waals surface area contributed by atoms with Crippen molar-refractivity contribution >= 4 is 32.3 Å². The van der Waals surface area contributed by atoms with Gasteiger partial charge in [0.15, 0.2) is 0 Å². The molecule has 0 unspecified atom stereocenters. The minimum absolute atomic E-state index is 0.101. The summed E-state index contributed by atoms with van der Waals surface area (Å²) in [6.45, 7) is 0.615. The fourth-order valence-corrected chi connectivity index (χ4v) is 3.66. The lowest BCUT2D eigenvalue weighted by atomic mass is 10.0. The maximum atomic E-state index is 12.3. The molecule has 0 N–H and O–H groups in total. The summed E-state index contributed by atoms with van der Waals surface area (Å²) in [4.78, 5) is 12.4. The van der Waals surface area contributed by atoms with Crippen molar-refractivity contribution < 1.29 is 0 Å². The minimum atomic E-state index is 0.101. The molecular weight excluding hydrogens is 278 g/mol. The maximum Gasteiger partial charge on any atom is 0.308 e. The van der Waals surface area contributed by atoms with Crippen LogP contribution in [0, 0.1) is 0 Å². The number of nitrogens with zero attached hydrogens (tertiary/aromatic N) is 1. The van der Waals surface area contributed by atoms with Gasteiger partial charge in [0.05, 0.1) is 16.8 Å². The highest BCUT2D eigenvalue weighted by Crippen LogP contribution is 2.22. The van der Waals surface area contributed by atoms with Gasteiger partial charge in [0, 0.05) is 0 Å². The summed E-state index contributed by atoms with van der Waals surface area (Å²) in [6, 6.07) is 22.5. The second kappa shape index (κ2) is 4.86. The summed E-state index contributed by atoms with van der Waals surface area (Å²) >= 11 is 1.31. The third kappa shape index (κ3) is 2.06. The van der Waals surface area contributed by atoms with Crippen LogP contribution in [0.2, 0.25) is 0 Å². The van der Waals surface area contributed by atoms with Crippen LogP contribution in [0.3, 0.4) is 0 Å². The smallest absolute Gasteiger partial charge is 0.294 e. The number of fused-ring (bicyclic) bond motifs is 2. The van der Waals surface area contributed by atoms with Crippen molar-refractivity contribution in [2.24, 2.45) is 0 Å². The second-order valence-electron chi connectivity index (χ2n) is 5.06. The Morgan fingerprint density at radius 2 is 1.62 bits per heavy atom. The van der Waals surface area contributed by atoms with Crippen LogP contribution in [0.4, 0.5) is 0 Å². The van der Waals surface area contributed by atoms with Gasteiger partial charge in [0.25, 0.3) is 0 Å². The predicted molar refractivity (Wildman–Crippen MR) is 89.1 cm³/mol. The number of aromatic nitrogens is 1. The fraction of sp³-hybridized carbons (Fsp3) is 0.0556. The van der Waals surface area contributed by atoms with Gasteiger partial charge < -0.3 is 0 Å². The van der Waals surface area contributed by atoms with Crippen molar-refractivity contribution in [1.82, 2.24) is 4.57 Å². The Morgan fingerprint density at radius 3 is 2.57 bits per heavy atom. The van der Waals surface area contributed by atoms with Crippen LogP contribution >= 0.6 is 11.3 Å². The zero-order valence-corrected chi connectivity index (χ0v) is 12.1. The van der Waals surface area contributed by atoms with Crippen LogP contribution in [-0.4, -0.2) is 4.57 Å². The Labute approximate surface area is 125 Å². The van der Waals surface area contributed by atoms with Crippen molar-refractivity contribution in [2.75, 3.05) is 0 Å². The van der Waals surface area contributed by atoms with Crippen molar-refractivity contribution in [3.05, 3.63) is 82.0 Å². The summed E-state index contributed by atoms with van der Waals surface area (Å²) in [6.07, 6.45) is 0. The van der Waals surface area contributed by atoms with Crippen molar-refractivity contribution in [2.45, 2.75) is 6.54 Å². The van der Waals surface area contributed by atoms with Crippen molar-refractivity contribution in [3.63, 3.8) is 0 Å². The first-order valence-corrected chi connectivity index (χ1v) is 7.69. The SMILES string of the molecule is O=c1sc2ccccc2n1Cc1cccc2ccccc12. The van der Waals surface area contributed by atoms with Gasteiger partial charge in [0.2, 0.25) is 0 Å². The zero-order valence-electron chi connectivity index (χ0n) is 11.3. The first-order valence-electron chi connectivity index (χ1n) is 6.88. The molecule has 0 atom stereocenters. The van der Waals surface area contributed by atoms with Gasteiger partial charge in [-0.15, -0.1) is 0 Å². The molecule has 0 radical (unpaired) electrons. The molecule has 0 saturated carbocycles. The lowest BCUT2D eigenvalue weighted by Gasteiger charge is -2.08. The van der Waals surface area contributed by atoms with Crippen molar-refractivity contribution in [3.8, 4) is 0 Å². The number of thiazole rings is 1. The van der Waals surface area contributed by atoms with E-state index in [9.17, 15) is 4.79 Å². The molecule has 0 spiro atoms. The molecule has 4 rings (SSSR count). The lowest BCUT2D eigenvalue weighted by Crippen LogP contribution is -2.13. The molecule has 0 aliphatic rings. The molecule has 21 heavy (non-hydrogen) atoms. The molecule has 1 aromatic heterocycles. The van der Waals surface area contributed by atoms with E-state index >= 15 is 0 Å². The number of rotatable bonds is 2. The Kier molecular flexibility index (Phi) is 2.86. The van der Waals surface area contributed by atoms with Gasteiger partial charge in [-0.1, -0.05) is 65.9 Å². The average Bonchev–Trinajstić information content (AvgIpc) is 2.84. The number of para-hydroxylation sites is 1. The number of hydrogen-bond acceptors (Lipinski definition) is 2. The van der Waals surface area contributed by atoms with Crippen molar-refractivity contribution in [1.29, 1.82) is 0 Å². The molecule has 102 valence electrons. The molecule has 1 heterocycles. The van der Waals surface area contributed by atoms with Crippen LogP contribution in [-0.2, 0) is 6.54 Å². The molecule has 0 bridgehead atoms. The Morgan fingerprint density at radius 1 is 0.857 bits per heavy atom. The van der Waals surface area contributed by atoms with E-state index in [1.165, 1.54) is 27.7 Å². The molecule has 2 nitrogen and oxygen atoms in total. The van der Waals surface area contributed by atoms with Gasteiger partial charge in [0.1, 0.15) is 0 Å². The zero-order chi connectivity index (χ0) is 14.2. The van der Waals surface area contributed by atoms with E-state index in [2.05, 4.69) is 30.3 Å². The predicted octanol–water partition coefficient (Wildman–Crippen LogP) is 4.26. The first-order chi connectivity index (χ1) is 10.3. The quantitative estimate of drug-likeness (QED) is 0.541. The van der Waals surface area contributed by atoms with Gasteiger partial charge in [-0.25, -0.2) is 0 Å². The molecule has 0 aliphatic carbocycles. The van der Waals surface area contributed by atoms with E-state index in [4.69, 9.17) is 0 Å². The summed E-state index contributed by atoms with van der Waals surface area (Å²) < 4.78 is 2.91. The van der Waals surface area contributed by atoms with Crippen LogP contribution in [0.5, 0.6) is 0 Å². The van der Waals surface area contributed by atoms with Gasteiger partial charge in [-0.3, -0.25) is 9.36 Å². The maximum absolute atomic E-state index is 12.3. The first kappa shape index (κ1) is 12.4. The largest absolute Gasteiger partial charge is 0.308 e. The summed E-state index contributed by atoms with van der Waals surface area (Å²) in [5.41, 5.74) is 2.19. The molecular formula is C18H13NOS. The standard InChI is InChI=1S/C18H13NOS/c20-18-19(16-10-3-4-11-17(16)21-18)12-14-8-5-7-13-6-1-2-9-15(13)14/h1-11H,12H2. The molecule has 0 fully saturated rings. The summed E-state index contributed by atoms with van der Waals surface area (Å²) in [7, 11) is 0. The second-order valence-corrected chi connectivity index (χ2v) is 6.05. The van der Waals surface area contributed by atoms with Crippen LogP contribution in [0.1, 0.15) is 5.56 Å². The molecule has 3 aromatic carbocycles. The summed E-state index contributed by atoms with van der Waals surface area (Å²) in [5, 5.41) is 2.42. The van der Waals surface area contributed by atoms with Gasteiger partial charge in [-0.05, 0) is 28.5 Å². The highest BCUT2D eigenvalue weighted by atomic mass is 32.1. The lowest BCUT2D eigenvalue weighted by molar-refractivity contribution is 0.821. The Balaban J connectivity index is 1.91. The van der Waals surface area contributed by atoms with E-state index in [0.717, 1.165) is 10.2 Å². The van der Waals surface area contributed by atoms with E-state index in [0.29, 0.717) is 6.54 Å². The molecule has 4 aromatic rings. The Hall–Kier alpha value is -2.39. The number of hydrogen-bond donors (Lipinski definition) is 0. The molecule has 0 aliphatic heterocycles.